The van der Waals surface area contributed by atoms with E-state index >= 15 is 0 Å². The molecule has 0 bridgehead atoms. The lowest BCUT2D eigenvalue weighted by atomic mass is 10.0. The lowest BCUT2D eigenvalue weighted by Crippen LogP contribution is -2.12. The van der Waals surface area contributed by atoms with E-state index in [-0.39, 0.29) is 12.1 Å². The number of fused-ring (bicyclic) bond motifs is 1. The molecule has 2 unspecified atom stereocenters. The van der Waals surface area contributed by atoms with Gasteiger partial charge in [-0.05, 0) is 24.7 Å². The Morgan fingerprint density at radius 2 is 1.83 bits per heavy atom. The molecule has 2 aliphatic carbocycles. The predicted molar refractivity (Wildman–Crippen MR) is 45.6 cm³/mol. The number of rotatable bonds is 1. The Morgan fingerprint density at radius 3 is 2.33 bits per heavy atom. The minimum absolute atomic E-state index is 0.111. The van der Waals surface area contributed by atoms with Crippen molar-refractivity contribution in [3.05, 3.63) is 0 Å². The highest BCUT2D eigenvalue weighted by Crippen LogP contribution is 2.44. The second kappa shape index (κ2) is 3.08. The van der Waals surface area contributed by atoms with E-state index < -0.39 is 0 Å². The predicted octanol–water partition coefficient (Wildman–Crippen LogP) is 2.13. The molecular weight excluding hydrogens is 152 g/mol. The summed E-state index contributed by atoms with van der Waals surface area (Å²) in [6.45, 7) is 1.51. The fourth-order valence-electron chi connectivity index (χ4n) is 2.84. The summed E-state index contributed by atoms with van der Waals surface area (Å²) in [6, 6.07) is 0. The van der Waals surface area contributed by atoms with E-state index in [0.717, 1.165) is 24.7 Å². The van der Waals surface area contributed by atoms with Gasteiger partial charge >= 0.3 is 5.97 Å². The largest absolute Gasteiger partial charge is 0.463 e. The number of carbonyl (C=O) groups is 1. The van der Waals surface area contributed by atoms with Crippen LogP contribution in [0.4, 0.5) is 0 Å². The van der Waals surface area contributed by atoms with Crippen LogP contribution >= 0.6 is 0 Å². The average Bonchev–Trinajstić information content (AvgIpc) is 2.43. The standard InChI is InChI=1S/C10H16O2/c1-7(11)12-10-5-8-3-2-4-9(8)6-10/h8-10H,2-6H2,1H3. The molecule has 0 amide bonds. The van der Waals surface area contributed by atoms with Crippen LogP contribution in [0.5, 0.6) is 0 Å². The second-order valence-electron chi connectivity index (χ2n) is 4.15. The van der Waals surface area contributed by atoms with Gasteiger partial charge in [-0.15, -0.1) is 0 Å². The van der Waals surface area contributed by atoms with Crippen LogP contribution in [0, 0.1) is 11.8 Å². The van der Waals surface area contributed by atoms with Gasteiger partial charge in [0.05, 0.1) is 0 Å². The van der Waals surface area contributed by atoms with Gasteiger partial charge in [0.25, 0.3) is 0 Å². The van der Waals surface area contributed by atoms with Crippen molar-refractivity contribution in [2.75, 3.05) is 0 Å². The molecule has 12 heavy (non-hydrogen) atoms. The molecule has 2 rings (SSSR count). The van der Waals surface area contributed by atoms with E-state index in [2.05, 4.69) is 0 Å². The molecule has 68 valence electrons. The fraction of sp³-hybridized carbons (Fsp3) is 0.900. The minimum atomic E-state index is -0.111. The van der Waals surface area contributed by atoms with Crippen molar-refractivity contribution in [3.63, 3.8) is 0 Å². The van der Waals surface area contributed by atoms with Gasteiger partial charge in [0.15, 0.2) is 0 Å². The van der Waals surface area contributed by atoms with Gasteiger partial charge in [0.1, 0.15) is 6.10 Å². The molecule has 2 saturated carbocycles. The summed E-state index contributed by atoms with van der Waals surface area (Å²) in [4.78, 5) is 10.7. The maximum Gasteiger partial charge on any atom is 0.302 e. The highest BCUT2D eigenvalue weighted by Gasteiger charge is 2.38. The summed E-state index contributed by atoms with van der Waals surface area (Å²) in [6.07, 6.45) is 6.62. The molecular formula is C10H16O2. The summed E-state index contributed by atoms with van der Waals surface area (Å²) in [5.74, 6) is 1.63. The normalized spacial score (nSPS) is 39.6. The molecule has 0 N–H and O–H groups in total. The molecule has 0 aromatic heterocycles. The van der Waals surface area contributed by atoms with Gasteiger partial charge in [-0.25, -0.2) is 0 Å². The lowest BCUT2D eigenvalue weighted by Gasteiger charge is -2.10. The summed E-state index contributed by atoms with van der Waals surface area (Å²) >= 11 is 0. The highest BCUT2D eigenvalue weighted by molar-refractivity contribution is 5.66. The number of carbonyl (C=O) groups excluding carboxylic acids is 1. The van der Waals surface area contributed by atoms with Crippen molar-refractivity contribution in [1.82, 2.24) is 0 Å². The Kier molecular flexibility index (Phi) is 2.07. The lowest BCUT2D eigenvalue weighted by molar-refractivity contribution is -0.146. The van der Waals surface area contributed by atoms with Gasteiger partial charge in [0.2, 0.25) is 0 Å². The van der Waals surface area contributed by atoms with E-state index in [1.165, 1.54) is 26.2 Å². The number of hydrogen-bond acceptors (Lipinski definition) is 2. The first kappa shape index (κ1) is 8.09. The molecule has 0 saturated heterocycles. The Morgan fingerprint density at radius 1 is 1.25 bits per heavy atom. The van der Waals surface area contributed by atoms with Crippen LogP contribution in [0.1, 0.15) is 39.0 Å². The average molecular weight is 168 g/mol. The maximum absolute atomic E-state index is 10.7. The van der Waals surface area contributed by atoms with Gasteiger partial charge < -0.3 is 4.74 Å². The van der Waals surface area contributed by atoms with Crippen molar-refractivity contribution in [2.24, 2.45) is 11.8 Å². The summed E-state index contributed by atoms with van der Waals surface area (Å²) in [5, 5.41) is 0. The number of hydrogen-bond donors (Lipinski definition) is 0. The van der Waals surface area contributed by atoms with Crippen LogP contribution in [-0.4, -0.2) is 12.1 Å². The third-order valence-electron chi connectivity index (χ3n) is 3.28. The second-order valence-corrected chi connectivity index (χ2v) is 4.15. The van der Waals surface area contributed by atoms with Crippen LogP contribution in [-0.2, 0) is 9.53 Å². The van der Waals surface area contributed by atoms with Crippen molar-refractivity contribution in [2.45, 2.75) is 45.1 Å². The van der Waals surface area contributed by atoms with Crippen LogP contribution in [0.25, 0.3) is 0 Å². The summed E-state index contributed by atoms with van der Waals surface area (Å²) in [7, 11) is 0. The molecule has 2 atom stereocenters. The molecule has 0 aromatic rings. The molecule has 2 nitrogen and oxygen atoms in total. The summed E-state index contributed by atoms with van der Waals surface area (Å²) < 4.78 is 5.21. The summed E-state index contributed by atoms with van der Waals surface area (Å²) in [5.41, 5.74) is 0. The third kappa shape index (κ3) is 1.47. The Labute approximate surface area is 73.3 Å². The number of esters is 1. The van der Waals surface area contributed by atoms with Crippen molar-refractivity contribution in [1.29, 1.82) is 0 Å². The Hall–Kier alpha value is -0.530. The van der Waals surface area contributed by atoms with Gasteiger partial charge in [0, 0.05) is 6.92 Å². The number of ether oxygens (including phenoxy) is 1. The van der Waals surface area contributed by atoms with Crippen LogP contribution in [0.2, 0.25) is 0 Å². The van der Waals surface area contributed by atoms with Gasteiger partial charge in [-0.3, -0.25) is 4.79 Å². The molecule has 2 fully saturated rings. The monoisotopic (exact) mass is 168 g/mol. The van der Waals surface area contributed by atoms with E-state index in [1.807, 2.05) is 0 Å². The molecule has 0 spiro atoms. The molecule has 2 heteroatoms. The first-order chi connectivity index (χ1) is 5.75. The molecule has 0 aromatic carbocycles. The topological polar surface area (TPSA) is 26.3 Å². The fourth-order valence-corrected chi connectivity index (χ4v) is 2.84. The van der Waals surface area contributed by atoms with Crippen LogP contribution in [0.15, 0.2) is 0 Å². The Balaban J connectivity index is 1.86. The molecule has 2 aliphatic rings. The maximum atomic E-state index is 10.7. The zero-order valence-corrected chi connectivity index (χ0v) is 7.58. The molecule has 0 aliphatic heterocycles. The first-order valence-electron chi connectivity index (χ1n) is 4.93. The van der Waals surface area contributed by atoms with Crippen molar-refractivity contribution in [3.8, 4) is 0 Å². The van der Waals surface area contributed by atoms with Crippen molar-refractivity contribution < 1.29 is 9.53 Å². The van der Waals surface area contributed by atoms with E-state index in [0.29, 0.717) is 0 Å². The molecule has 0 heterocycles. The van der Waals surface area contributed by atoms with Crippen LogP contribution in [0.3, 0.4) is 0 Å². The van der Waals surface area contributed by atoms with Crippen LogP contribution < -0.4 is 0 Å². The minimum Gasteiger partial charge on any atom is -0.463 e. The zero-order chi connectivity index (χ0) is 8.55. The van der Waals surface area contributed by atoms with Gasteiger partial charge in [-0.1, -0.05) is 19.3 Å². The van der Waals surface area contributed by atoms with Crippen molar-refractivity contribution >= 4 is 5.97 Å². The first-order valence-corrected chi connectivity index (χ1v) is 4.93. The van der Waals surface area contributed by atoms with Gasteiger partial charge in [-0.2, -0.15) is 0 Å². The SMILES string of the molecule is CC(=O)OC1CC2CCCC2C1. The van der Waals surface area contributed by atoms with E-state index in [9.17, 15) is 4.79 Å². The zero-order valence-electron chi connectivity index (χ0n) is 7.58. The Bertz CT molecular complexity index is 176. The highest BCUT2D eigenvalue weighted by atomic mass is 16.5. The van der Waals surface area contributed by atoms with E-state index in [1.54, 1.807) is 0 Å². The quantitative estimate of drug-likeness (QED) is 0.561. The smallest absolute Gasteiger partial charge is 0.302 e. The third-order valence-corrected chi connectivity index (χ3v) is 3.28. The van der Waals surface area contributed by atoms with E-state index in [4.69, 9.17) is 4.74 Å². The molecule has 0 radical (unpaired) electrons.